The molecular weight excluding hydrogens is 330 g/mol. The maximum absolute atomic E-state index is 12.2. The van der Waals surface area contributed by atoms with Crippen molar-refractivity contribution >= 4 is 33.9 Å². The lowest BCUT2D eigenvalue weighted by atomic mass is 9.98. The first-order chi connectivity index (χ1) is 12.7. The van der Waals surface area contributed by atoms with Gasteiger partial charge in [-0.3, -0.25) is 9.69 Å². The van der Waals surface area contributed by atoms with Gasteiger partial charge in [0.15, 0.2) is 0 Å². The Hall–Kier alpha value is -2.47. The molecule has 26 heavy (non-hydrogen) atoms. The molecular formula is C20H24N3O3+. The van der Waals surface area contributed by atoms with Gasteiger partial charge in [-0.1, -0.05) is 19.1 Å². The minimum atomic E-state index is -0.102. The van der Waals surface area contributed by atoms with Gasteiger partial charge in [-0.25, -0.2) is 4.98 Å². The lowest BCUT2D eigenvalue weighted by molar-refractivity contribution is -0.843. The predicted molar refractivity (Wildman–Crippen MR) is 98.4 cm³/mol. The van der Waals surface area contributed by atoms with E-state index in [4.69, 9.17) is 19.1 Å². The van der Waals surface area contributed by atoms with Crippen molar-refractivity contribution in [3.8, 4) is 0 Å². The lowest BCUT2D eigenvalue weighted by Gasteiger charge is -2.27. The second kappa shape index (κ2) is 7.03. The number of nitrogens with zero attached hydrogens (tertiary/aromatic N) is 2. The van der Waals surface area contributed by atoms with Gasteiger partial charge in [0.25, 0.3) is 5.82 Å². The largest absolute Gasteiger partial charge is 0.466 e. The summed E-state index contributed by atoms with van der Waals surface area (Å²) in [5.74, 6) is 1.50. The van der Waals surface area contributed by atoms with Gasteiger partial charge in [0.2, 0.25) is 5.58 Å². The summed E-state index contributed by atoms with van der Waals surface area (Å²) >= 11 is 0. The number of quaternary nitrogens is 1. The molecule has 0 aliphatic carbocycles. The molecule has 1 aromatic carbocycles. The molecule has 136 valence electrons. The summed E-state index contributed by atoms with van der Waals surface area (Å²) in [6.45, 7) is 5.95. The molecule has 1 fully saturated rings. The predicted octanol–water partition coefficient (Wildman–Crippen LogP) is 2.43. The zero-order chi connectivity index (χ0) is 18.1. The van der Waals surface area contributed by atoms with E-state index >= 15 is 0 Å². The van der Waals surface area contributed by atoms with Gasteiger partial charge < -0.3 is 9.15 Å². The Morgan fingerprint density at radius 1 is 1.31 bits per heavy atom. The Balaban J connectivity index is 1.78. The monoisotopic (exact) mass is 354 g/mol. The van der Waals surface area contributed by atoms with Crippen molar-refractivity contribution < 1.29 is 18.8 Å². The number of ether oxygens (including phenoxy) is 1. The highest BCUT2D eigenvalue weighted by Gasteiger charge is 2.34. The Labute approximate surface area is 152 Å². The van der Waals surface area contributed by atoms with E-state index in [9.17, 15) is 4.79 Å². The van der Waals surface area contributed by atoms with E-state index < -0.39 is 0 Å². The average Bonchev–Trinajstić information content (AvgIpc) is 3.06. The number of carbonyl (C=O) groups excluding carboxylic acids is 1. The summed E-state index contributed by atoms with van der Waals surface area (Å²) in [4.78, 5) is 22.9. The first kappa shape index (κ1) is 17.0. The van der Waals surface area contributed by atoms with Crippen LogP contribution in [-0.4, -0.2) is 35.6 Å². The molecule has 1 aliphatic heterocycles. The van der Waals surface area contributed by atoms with Gasteiger partial charge in [-0.15, -0.1) is 0 Å². The third kappa shape index (κ3) is 2.94. The summed E-state index contributed by atoms with van der Waals surface area (Å²) in [7, 11) is 0. The number of hydrogen-bond acceptors (Lipinski definition) is 5. The Kier molecular flexibility index (Phi) is 4.59. The standard InChI is InChI=1S/C20H23N3O3/c1-3-16-21-17-14-9-5-6-10-15(14)26-18(17)19(22-16)23-11-7-8-13(12-23)20(24)25-4-2/h5-6,9-10,13H,3-4,7-8,11-12H2,1-2H3/p+1. The number of aromatic nitrogens is 2. The lowest BCUT2D eigenvalue weighted by Crippen LogP contribution is -3.09. The molecule has 0 amide bonds. The van der Waals surface area contributed by atoms with Crippen LogP contribution in [0.5, 0.6) is 0 Å². The molecule has 6 heteroatoms. The molecule has 0 spiro atoms. The van der Waals surface area contributed by atoms with Crippen molar-refractivity contribution in [3.63, 3.8) is 0 Å². The summed E-state index contributed by atoms with van der Waals surface area (Å²) in [5.41, 5.74) is 2.43. The number of carbonyl (C=O) groups is 1. The number of aryl methyl sites for hydroxylation is 1. The fraction of sp³-hybridized carbons (Fsp3) is 0.450. The van der Waals surface area contributed by atoms with Crippen molar-refractivity contribution in [2.45, 2.75) is 33.1 Å². The van der Waals surface area contributed by atoms with Crippen LogP contribution >= 0.6 is 0 Å². The number of para-hydroxylation sites is 1. The van der Waals surface area contributed by atoms with Crippen LogP contribution in [-0.2, 0) is 16.0 Å². The normalized spacial score (nSPS) is 20.5. The summed E-state index contributed by atoms with van der Waals surface area (Å²) in [5, 5.41) is 1.01. The van der Waals surface area contributed by atoms with Gasteiger partial charge in [-0.2, -0.15) is 4.98 Å². The Morgan fingerprint density at radius 3 is 2.96 bits per heavy atom. The number of nitrogens with one attached hydrogen (secondary N) is 1. The van der Waals surface area contributed by atoms with Gasteiger partial charge in [0.1, 0.15) is 22.8 Å². The van der Waals surface area contributed by atoms with E-state index in [-0.39, 0.29) is 11.9 Å². The van der Waals surface area contributed by atoms with Crippen molar-refractivity contribution in [2.24, 2.45) is 5.92 Å². The number of rotatable bonds is 4. The van der Waals surface area contributed by atoms with E-state index in [1.807, 2.05) is 31.2 Å². The maximum atomic E-state index is 12.2. The van der Waals surface area contributed by atoms with Crippen molar-refractivity contribution in [3.05, 3.63) is 30.1 Å². The van der Waals surface area contributed by atoms with Crippen molar-refractivity contribution in [2.75, 3.05) is 19.7 Å². The summed E-state index contributed by atoms with van der Waals surface area (Å²) in [6.07, 6.45) is 2.60. The second-order valence-corrected chi connectivity index (χ2v) is 6.77. The molecule has 1 aliphatic rings. The minimum Gasteiger partial charge on any atom is -0.466 e. The highest BCUT2D eigenvalue weighted by molar-refractivity contribution is 6.04. The molecule has 2 aromatic heterocycles. The first-order valence-electron chi connectivity index (χ1n) is 9.41. The van der Waals surface area contributed by atoms with E-state index in [1.165, 1.54) is 4.90 Å². The van der Waals surface area contributed by atoms with Crippen molar-refractivity contribution in [1.82, 2.24) is 9.97 Å². The Bertz CT molecular complexity index is 950. The number of esters is 1. The van der Waals surface area contributed by atoms with Crippen LogP contribution in [0.2, 0.25) is 0 Å². The smallest absolute Gasteiger partial charge is 0.314 e. The number of piperidine rings is 1. The van der Waals surface area contributed by atoms with Crippen molar-refractivity contribution in [1.29, 1.82) is 0 Å². The molecule has 1 N–H and O–H groups in total. The zero-order valence-electron chi connectivity index (χ0n) is 15.2. The van der Waals surface area contributed by atoms with Crippen LogP contribution in [0.4, 0.5) is 5.82 Å². The third-order valence-electron chi connectivity index (χ3n) is 5.06. The molecule has 1 saturated heterocycles. The number of fused-ring (bicyclic) bond motifs is 3. The summed E-state index contributed by atoms with van der Waals surface area (Å²) < 4.78 is 11.4. The van der Waals surface area contributed by atoms with Gasteiger partial charge in [0.05, 0.1) is 19.7 Å². The highest BCUT2D eigenvalue weighted by Crippen LogP contribution is 2.30. The van der Waals surface area contributed by atoms with Crippen LogP contribution in [0.1, 0.15) is 32.5 Å². The zero-order valence-corrected chi connectivity index (χ0v) is 15.2. The minimum absolute atomic E-state index is 0.0850. The molecule has 0 bridgehead atoms. The van der Waals surface area contributed by atoms with E-state index in [0.717, 1.165) is 59.5 Å². The van der Waals surface area contributed by atoms with E-state index in [0.29, 0.717) is 13.2 Å². The number of benzene rings is 1. The van der Waals surface area contributed by atoms with E-state index in [2.05, 4.69) is 6.92 Å². The molecule has 3 heterocycles. The fourth-order valence-corrected chi connectivity index (χ4v) is 3.77. The average molecular weight is 354 g/mol. The van der Waals surface area contributed by atoms with Gasteiger partial charge in [0, 0.05) is 11.8 Å². The highest BCUT2D eigenvalue weighted by atomic mass is 16.5. The number of furan rings is 1. The Morgan fingerprint density at radius 2 is 2.15 bits per heavy atom. The third-order valence-corrected chi connectivity index (χ3v) is 5.06. The maximum Gasteiger partial charge on any atom is 0.314 e. The quantitative estimate of drug-likeness (QED) is 0.729. The van der Waals surface area contributed by atoms with Crippen LogP contribution in [0.25, 0.3) is 22.1 Å². The molecule has 6 nitrogen and oxygen atoms in total. The second-order valence-electron chi connectivity index (χ2n) is 6.77. The van der Waals surface area contributed by atoms with E-state index in [1.54, 1.807) is 0 Å². The van der Waals surface area contributed by atoms with Crippen LogP contribution in [0, 0.1) is 5.92 Å². The number of hydrogen-bond donors (Lipinski definition) is 1. The fourth-order valence-electron chi connectivity index (χ4n) is 3.77. The van der Waals surface area contributed by atoms with Crippen LogP contribution in [0.15, 0.2) is 28.7 Å². The molecule has 4 rings (SSSR count). The van der Waals surface area contributed by atoms with Gasteiger partial charge >= 0.3 is 5.97 Å². The first-order valence-corrected chi connectivity index (χ1v) is 9.41. The van der Waals surface area contributed by atoms with Gasteiger partial charge in [-0.05, 0) is 31.9 Å². The molecule has 0 saturated carbocycles. The van der Waals surface area contributed by atoms with Crippen LogP contribution < -0.4 is 4.90 Å². The van der Waals surface area contributed by atoms with Crippen LogP contribution in [0.3, 0.4) is 0 Å². The molecule has 2 atom stereocenters. The topological polar surface area (TPSA) is 69.7 Å². The SMILES string of the molecule is CCOC(=O)C1CCC[NH+](c2nc(CC)nc3c2oc2ccccc23)C1. The summed E-state index contributed by atoms with van der Waals surface area (Å²) in [6, 6.07) is 7.95. The molecule has 2 unspecified atom stereocenters. The molecule has 3 aromatic rings. The molecule has 0 radical (unpaired) electrons.